The number of carboxylic acids is 1. The molecule has 21 heavy (non-hydrogen) atoms. The summed E-state index contributed by atoms with van der Waals surface area (Å²) in [5, 5.41) is 12.3. The second-order valence-corrected chi connectivity index (χ2v) is 6.88. The molecule has 0 aromatic heterocycles. The number of rotatable bonds is 5. The van der Waals surface area contributed by atoms with E-state index in [4.69, 9.17) is 0 Å². The minimum Gasteiger partial charge on any atom is -0.481 e. The van der Waals surface area contributed by atoms with Crippen LogP contribution in [0, 0.1) is 11.8 Å². The topological polar surface area (TPSA) is 69.6 Å². The number of nitrogens with zero attached hydrogens (tertiary/aromatic N) is 1. The van der Waals surface area contributed by atoms with Gasteiger partial charge in [-0.15, -0.1) is 0 Å². The lowest BCUT2D eigenvalue weighted by molar-refractivity contribution is -0.146. The SMILES string of the molecule is CN(C)C1(CNC(=O)C2CCCC2C(=O)O)CCCCC1. The Morgan fingerprint density at radius 3 is 2.29 bits per heavy atom. The van der Waals surface area contributed by atoms with Gasteiger partial charge in [-0.05, 0) is 39.8 Å². The Morgan fingerprint density at radius 2 is 1.71 bits per heavy atom. The first-order valence-electron chi connectivity index (χ1n) is 8.14. The monoisotopic (exact) mass is 296 g/mol. The maximum absolute atomic E-state index is 12.4. The lowest BCUT2D eigenvalue weighted by Crippen LogP contribution is -2.54. The molecule has 0 bridgehead atoms. The van der Waals surface area contributed by atoms with Crippen LogP contribution in [-0.4, -0.2) is 48.1 Å². The minimum atomic E-state index is -0.826. The normalized spacial score (nSPS) is 28.5. The van der Waals surface area contributed by atoms with Crippen LogP contribution in [0.15, 0.2) is 0 Å². The second kappa shape index (κ2) is 6.77. The zero-order chi connectivity index (χ0) is 15.5. The molecule has 0 aromatic carbocycles. The summed E-state index contributed by atoms with van der Waals surface area (Å²) in [7, 11) is 4.15. The van der Waals surface area contributed by atoms with Gasteiger partial charge in [0.25, 0.3) is 0 Å². The fourth-order valence-corrected chi connectivity index (χ4v) is 3.94. The Bertz CT molecular complexity index is 389. The summed E-state index contributed by atoms with van der Waals surface area (Å²) < 4.78 is 0. The van der Waals surface area contributed by atoms with Gasteiger partial charge in [0.15, 0.2) is 0 Å². The number of amides is 1. The van der Waals surface area contributed by atoms with Gasteiger partial charge in [-0.3, -0.25) is 9.59 Å². The first-order valence-corrected chi connectivity index (χ1v) is 8.14. The predicted octanol–water partition coefficient (Wildman–Crippen LogP) is 1.87. The molecule has 2 atom stereocenters. The Morgan fingerprint density at radius 1 is 1.10 bits per heavy atom. The summed E-state index contributed by atoms with van der Waals surface area (Å²) in [5.74, 6) is -1.73. The summed E-state index contributed by atoms with van der Waals surface area (Å²) in [6.07, 6.45) is 8.07. The van der Waals surface area contributed by atoms with E-state index in [0.717, 1.165) is 19.3 Å². The van der Waals surface area contributed by atoms with Crippen LogP contribution in [0.25, 0.3) is 0 Å². The first-order chi connectivity index (χ1) is 9.96. The highest BCUT2D eigenvalue weighted by molar-refractivity contribution is 5.85. The van der Waals surface area contributed by atoms with Crippen molar-refractivity contribution in [3.8, 4) is 0 Å². The smallest absolute Gasteiger partial charge is 0.307 e. The van der Waals surface area contributed by atoms with Crippen LogP contribution in [0.5, 0.6) is 0 Å². The highest BCUT2D eigenvalue weighted by Gasteiger charge is 2.39. The van der Waals surface area contributed by atoms with Crippen molar-refractivity contribution < 1.29 is 14.7 Å². The summed E-state index contributed by atoms with van der Waals surface area (Å²) in [5.41, 5.74) is 0.0469. The summed E-state index contributed by atoms with van der Waals surface area (Å²) in [6.45, 7) is 0.641. The van der Waals surface area contributed by atoms with Gasteiger partial charge in [0, 0.05) is 12.1 Å². The van der Waals surface area contributed by atoms with Crippen LogP contribution in [0.2, 0.25) is 0 Å². The van der Waals surface area contributed by atoms with E-state index in [9.17, 15) is 14.7 Å². The molecule has 2 aliphatic carbocycles. The van der Waals surface area contributed by atoms with E-state index in [-0.39, 0.29) is 17.4 Å². The third-order valence-electron chi connectivity index (χ3n) is 5.49. The largest absolute Gasteiger partial charge is 0.481 e. The molecule has 5 heteroatoms. The molecule has 2 aliphatic rings. The Balaban J connectivity index is 1.94. The molecular formula is C16H28N2O3. The number of likely N-dealkylation sites (N-methyl/N-ethyl adjacent to an activating group) is 1. The van der Waals surface area contributed by atoms with Crippen LogP contribution >= 0.6 is 0 Å². The third kappa shape index (κ3) is 3.57. The number of aliphatic carboxylic acids is 1. The molecule has 0 aliphatic heterocycles. The van der Waals surface area contributed by atoms with Gasteiger partial charge in [0.2, 0.25) is 5.91 Å². The maximum atomic E-state index is 12.4. The van der Waals surface area contributed by atoms with Crippen molar-refractivity contribution in [2.75, 3.05) is 20.6 Å². The average molecular weight is 296 g/mol. The van der Waals surface area contributed by atoms with Gasteiger partial charge >= 0.3 is 5.97 Å². The van der Waals surface area contributed by atoms with Crippen molar-refractivity contribution in [1.29, 1.82) is 0 Å². The zero-order valence-corrected chi connectivity index (χ0v) is 13.2. The van der Waals surface area contributed by atoms with Crippen LogP contribution in [-0.2, 0) is 9.59 Å². The maximum Gasteiger partial charge on any atom is 0.307 e. The van der Waals surface area contributed by atoms with E-state index >= 15 is 0 Å². The fourth-order valence-electron chi connectivity index (χ4n) is 3.94. The molecule has 0 aromatic rings. The van der Waals surface area contributed by atoms with Crippen molar-refractivity contribution in [2.24, 2.45) is 11.8 Å². The predicted molar refractivity (Wildman–Crippen MR) is 81.0 cm³/mol. The molecule has 1 amide bonds. The van der Waals surface area contributed by atoms with Crippen molar-refractivity contribution in [3.63, 3.8) is 0 Å². The molecule has 5 nitrogen and oxygen atoms in total. The van der Waals surface area contributed by atoms with Crippen LogP contribution in [0.4, 0.5) is 0 Å². The minimum absolute atomic E-state index is 0.0469. The molecule has 0 radical (unpaired) electrons. The van der Waals surface area contributed by atoms with E-state index < -0.39 is 11.9 Å². The van der Waals surface area contributed by atoms with Crippen LogP contribution in [0.1, 0.15) is 51.4 Å². The van der Waals surface area contributed by atoms with Gasteiger partial charge in [0.1, 0.15) is 0 Å². The van der Waals surface area contributed by atoms with Crippen molar-refractivity contribution in [3.05, 3.63) is 0 Å². The van der Waals surface area contributed by atoms with E-state index in [2.05, 4.69) is 24.3 Å². The summed E-state index contributed by atoms with van der Waals surface area (Å²) in [6, 6.07) is 0. The highest BCUT2D eigenvalue weighted by Crippen LogP contribution is 2.34. The van der Waals surface area contributed by atoms with Gasteiger partial charge < -0.3 is 15.3 Å². The lowest BCUT2D eigenvalue weighted by Gasteiger charge is -2.43. The standard InChI is InChI=1S/C16H28N2O3/c1-18(2)16(9-4-3-5-10-16)11-17-14(19)12-7-6-8-13(12)15(20)21/h12-13H,3-11H2,1-2H3,(H,17,19)(H,20,21). The molecule has 2 fully saturated rings. The lowest BCUT2D eigenvalue weighted by atomic mass is 9.80. The second-order valence-electron chi connectivity index (χ2n) is 6.88. The van der Waals surface area contributed by atoms with E-state index in [1.807, 2.05) is 0 Å². The van der Waals surface area contributed by atoms with Gasteiger partial charge in [-0.1, -0.05) is 25.7 Å². The highest BCUT2D eigenvalue weighted by atomic mass is 16.4. The quantitative estimate of drug-likeness (QED) is 0.812. The number of hydrogen-bond acceptors (Lipinski definition) is 3. The van der Waals surface area contributed by atoms with Crippen molar-refractivity contribution in [2.45, 2.75) is 56.9 Å². The van der Waals surface area contributed by atoms with E-state index in [1.165, 1.54) is 19.3 Å². The molecule has 0 heterocycles. The van der Waals surface area contributed by atoms with Crippen molar-refractivity contribution in [1.82, 2.24) is 10.2 Å². The summed E-state index contributed by atoms with van der Waals surface area (Å²) in [4.78, 5) is 25.8. The fraction of sp³-hybridized carbons (Fsp3) is 0.875. The molecule has 2 N–H and O–H groups in total. The van der Waals surface area contributed by atoms with Crippen LogP contribution < -0.4 is 5.32 Å². The molecular weight excluding hydrogens is 268 g/mol. The molecule has 0 saturated heterocycles. The Hall–Kier alpha value is -1.10. The Kier molecular flexibility index (Phi) is 5.25. The zero-order valence-electron chi connectivity index (χ0n) is 13.2. The van der Waals surface area contributed by atoms with E-state index in [1.54, 1.807) is 0 Å². The molecule has 2 unspecified atom stereocenters. The molecule has 0 spiro atoms. The van der Waals surface area contributed by atoms with Crippen molar-refractivity contribution >= 4 is 11.9 Å². The third-order valence-corrected chi connectivity index (χ3v) is 5.49. The first kappa shape index (κ1) is 16.3. The van der Waals surface area contributed by atoms with E-state index in [0.29, 0.717) is 19.4 Å². The molecule has 2 saturated carbocycles. The molecule has 2 rings (SSSR count). The summed E-state index contributed by atoms with van der Waals surface area (Å²) >= 11 is 0. The van der Waals surface area contributed by atoms with Gasteiger partial charge in [-0.2, -0.15) is 0 Å². The number of carboxylic acid groups (broad SMARTS) is 1. The van der Waals surface area contributed by atoms with Gasteiger partial charge in [0.05, 0.1) is 11.8 Å². The number of carbonyl (C=O) groups is 2. The number of carbonyl (C=O) groups excluding carboxylic acids is 1. The number of hydrogen-bond donors (Lipinski definition) is 2. The van der Waals surface area contributed by atoms with Crippen LogP contribution in [0.3, 0.4) is 0 Å². The molecule has 120 valence electrons. The number of nitrogens with one attached hydrogen (secondary N) is 1. The van der Waals surface area contributed by atoms with Gasteiger partial charge in [-0.25, -0.2) is 0 Å². The average Bonchev–Trinajstić information content (AvgIpc) is 2.95. The Labute approximate surface area is 127 Å².